The Kier molecular flexibility index (Phi) is 7.09. The topological polar surface area (TPSA) is 92.7 Å². The van der Waals surface area contributed by atoms with Crippen LogP contribution >= 0.6 is 0 Å². The number of amides is 1. The Labute approximate surface area is 207 Å². The molecule has 0 bridgehead atoms. The molecular formula is C26H18F3N2O4S-. The summed E-state index contributed by atoms with van der Waals surface area (Å²) in [5.41, 5.74) is 1.09. The van der Waals surface area contributed by atoms with Crippen LogP contribution < -0.4 is 9.62 Å². The SMILES string of the molecule is O=C(Nc1ccc(O)c(N(c2ccc(C(F)(F)F)cc2)S(=O)[O-])c1)c1ccc(-c2ccccc2)cc1. The van der Waals surface area contributed by atoms with E-state index in [-0.39, 0.29) is 17.1 Å². The molecule has 10 heteroatoms. The molecule has 0 saturated heterocycles. The predicted molar refractivity (Wildman–Crippen MR) is 130 cm³/mol. The van der Waals surface area contributed by atoms with Crippen LogP contribution in [0.4, 0.5) is 30.2 Å². The molecule has 0 aliphatic rings. The van der Waals surface area contributed by atoms with Crippen molar-refractivity contribution in [2.45, 2.75) is 6.18 Å². The maximum Gasteiger partial charge on any atom is 0.416 e. The summed E-state index contributed by atoms with van der Waals surface area (Å²) in [5, 5.41) is 12.9. The van der Waals surface area contributed by atoms with Gasteiger partial charge in [-0.2, -0.15) is 13.2 Å². The Morgan fingerprint density at radius 1 is 0.861 bits per heavy atom. The van der Waals surface area contributed by atoms with Gasteiger partial charge in [-0.3, -0.25) is 13.3 Å². The number of alkyl halides is 3. The Morgan fingerprint density at radius 2 is 1.47 bits per heavy atom. The molecule has 0 radical (unpaired) electrons. The van der Waals surface area contributed by atoms with E-state index in [9.17, 15) is 31.8 Å². The molecule has 4 aromatic rings. The average molecular weight is 512 g/mol. The number of rotatable bonds is 6. The van der Waals surface area contributed by atoms with Gasteiger partial charge in [0.1, 0.15) is 5.75 Å². The summed E-state index contributed by atoms with van der Waals surface area (Å²) in [6.45, 7) is 0. The molecule has 2 N–H and O–H groups in total. The van der Waals surface area contributed by atoms with Crippen molar-refractivity contribution in [3.8, 4) is 16.9 Å². The Bertz CT molecular complexity index is 1390. The van der Waals surface area contributed by atoms with Gasteiger partial charge in [0.15, 0.2) is 0 Å². The number of hydrogen-bond acceptors (Lipinski definition) is 4. The first-order chi connectivity index (χ1) is 17.1. The summed E-state index contributed by atoms with van der Waals surface area (Å²) in [5.74, 6) is -0.931. The Hall–Kier alpha value is -4.15. The fourth-order valence-corrected chi connectivity index (χ4v) is 4.10. The predicted octanol–water partition coefficient (Wildman–Crippen LogP) is 6.26. The zero-order chi connectivity index (χ0) is 25.9. The molecule has 0 aromatic heterocycles. The van der Waals surface area contributed by atoms with E-state index in [1.807, 2.05) is 30.3 Å². The number of nitrogens with one attached hydrogen (secondary N) is 1. The molecule has 0 aliphatic heterocycles. The van der Waals surface area contributed by atoms with E-state index in [1.165, 1.54) is 18.2 Å². The number of halogens is 3. The fourth-order valence-electron chi connectivity index (χ4n) is 3.50. The number of aromatic hydroxyl groups is 1. The van der Waals surface area contributed by atoms with Crippen molar-refractivity contribution in [2.75, 3.05) is 9.62 Å². The summed E-state index contributed by atoms with van der Waals surface area (Å²) in [4.78, 5) is 12.7. The first-order valence-electron chi connectivity index (χ1n) is 10.5. The van der Waals surface area contributed by atoms with Gasteiger partial charge in [0.05, 0.1) is 28.2 Å². The third-order valence-corrected chi connectivity index (χ3v) is 5.99. The highest BCUT2D eigenvalue weighted by Crippen LogP contribution is 2.38. The molecule has 36 heavy (non-hydrogen) atoms. The van der Waals surface area contributed by atoms with Gasteiger partial charge >= 0.3 is 6.18 Å². The fraction of sp³-hybridized carbons (Fsp3) is 0.0385. The first kappa shape index (κ1) is 25.0. The molecule has 1 amide bonds. The number of hydrogen-bond donors (Lipinski definition) is 2. The van der Waals surface area contributed by atoms with Crippen LogP contribution in [0.1, 0.15) is 15.9 Å². The zero-order valence-corrected chi connectivity index (χ0v) is 19.2. The van der Waals surface area contributed by atoms with Crippen molar-refractivity contribution in [1.29, 1.82) is 0 Å². The van der Waals surface area contributed by atoms with Gasteiger partial charge in [-0.05, 0) is 65.7 Å². The molecule has 0 fully saturated rings. The molecule has 0 saturated carbocycles. The van der Waals surface area contributed by atoms with Crippen LogP contribution in [0.2, 0.25) is 0 Å². The minimum atomic E-state index is -4.59. The lowest BCUT2D eigenvalue weighted by atomic mass is 10.0. The molecule has 0 aliphatic carbocycles. The largest absolute Gasteiger partial charge is 0.755 e. The molecule has 1 atom stereocenters. The zero-order valence-electron chi connectivity index (χ0n) is 18.4. The van der Waals surface area contributed by atoms with Crippen LogP contribution in [-0.2, 0) is 17.4 Å². The van der Waals surface area contributed by atoms with Crippen LogP contribution in [0.5, 0.6) is 5.75 Å². The molecule has 6 nitrogen and oxygen atoms in total. The summed E-state index contributed by atoms with van der Waals surface area (Å²) < 4.78 is 63.1. The van der Waals surface area contributed by atoms with Crippen LogP contribution in [-0.4, -0.2) is 19.8 Å². The summed E-state index contributed by atoms with van der Waals surface area (Å²) in [6.07, 6.45) is -4.59. The lowest BCUT2D eigenvalue weighted by molar-refractivity contribution is -0.137. The summed E-state index contributed by atoms with van der Waals surface area (Å²) >= 11 is -2.99. The van der Waals surface area contributed by atoms with E-state index in [2.05, 4.69) is 5.32 Å². The summed E-state index contributed by atoms with van der Waals surface area (Å²) in [6, 6.07) is 23.6. The van der Waals surface area contributed by atoms with Crippen molar-refractivity contribution in [3.63, 3.8) is 0 Å². The van der Waals surface area contributed by atoms with Crippen LogP contribution in [0.25, 0.3) is 11.1 Å². The minimum Gasteiger partial charge on any atom is -0.755 e. The third kappa shape index (κ3) is 5.56. The van der Waals surface area contributed by atoms with E-state index in [0.717, 1.165) is 35.4 Å². The average Bonchev–Trinajstić information content (AvgIpc) is 2.86. The van der Waals surface area contributed by atoms with E-state index >= 15 is 0 Å². The highest BCUT2D eigenvalue weighted by Gasteiger charge is 2.30. The quantitative estimate of drug-likeness (QED) is 0.236. The van der Waals surface area contributed by atoms with Crippen LogP contribution in [0, 0.1) is 0 Å². The maximum absolute atomic E-state index is 12.9. The Balaban J connectivity index is 1.58. The molecule has 184 valence electrons. The van der Waals surface area contributed by atoms with Crippen molar-refractivity contribution < 1.29 is 31.8 Å². The smallest absolute Gasteiger partial charge is 0.416 e. The summed E-state index contributed by atoms with van der Waals surface area (Å²) in [7, 11) is 0. The van der Waals surface area contributed by atoms with Gasteiger partial charge in [0.25, 0.3) is 5.91 Å². The molecule has 0 heterocycles. The molecule has 4 rings (SSSR count). The molecule has 0 spiro atoms. The maximum atomic E-state index is 12.9. The van der Waals surface area contributed by atoms with Gasteiger partial charge in [-0.15, -0.1) is 0 Å². The molecule has 4 aromatic carbocycles. The normalized spacial score (nSPS) is 12.1. The van der Waals surface area contributed by atoms with Gasteiger partial charge in [0, 0.05) is 11.3 Å². The van der Waals surface area contributed by atoms with E-state index in [4.69, 9.17) is 0 Å². The number of nitrogens with zero attached hydrogens (tertiary/aromatic N) is 1. The van der Waals surface area contributed by atoms with Crippen molar-refractivity contribution in [3.05, 3.63) is 108 Å². The monoisotopic (exact) mass is 511 g/mol. The van der Waals surface area contributed by atoms with Crippen LogP contribution in [0.3, 0.4) is 0 Å². The number of phenolic OH excluding ortho intramolecular Hbond substituents is 1. The number of anilines is 3. The second-order valence-electron chi connectivity index (χ2n) is 7.66. The third-order valence-electron chi connectivity index (χ3n) is 5.28. The van der Waals surface area contributed by atoms with Crippen molar-refractivity contribution >= 4 is 34.2 Å². The second-order valence-corrected chi connectivity index (χ2v) is 8.46. The number of carbonyl (C=O) groups excluding carboxylic acids is 1. The lowest BCUT2D eigenvalue weighted by Crippen LogP contribution is -2.20. The number of carbonyl (C=O) groups is 1. The van der Waals surface area contributed by atoms with Gasteiger partial charge in [-0.25, -0.2) is 0 Å². The van der Waals surface area contributed by atoms with Crippen molar-refractivity contribution in [2.24, 2.45) is 0 Å². The number of benzene rings is 4. The standard InChI is InChI=1S/C26H19F3N2O4S/c27-26(28,29)20-10-13-22(14-11-20)31(36(34)35)23-16-21(12-15-24(23)32)30-25(33)19-8-6-18(7-9-19)17-4-2-1-3-5-17/h1-16,32H,(H,30,33)(H,34,35)/p-1. The minimum absolute atomic E-state index is 0.133. The highest BCUT2D eigenvalue weighted by molar-refractivity contribution is 7.81. The van der Waals surface area contributed by atoms with Gasteiger partial charge in [-0.1, -0.05) is 42.5 Å². The second kappa shape index (κ2) is 10.2. The van der Waals surface area contributed by atoms with Gasteiger partial charge in [0.2, 0.25) is 0 Å². The number of phenols is 1. The van der Waals surface area contributed by atoms with E-state index in [1.54, 1.807) is 24.3 Å². The molecule has 1 unspecified atom stereocenters. The van der Waals surface area contributed by atoms with Crippen molar-refractivity contribution in [1.82, 2.24) is 0 Å². The van der Waals surface area contributed by atoms with E-state index in [0.29, 0.717) is 9.87 Å². The first-order valence-corrected chi connectivity index (χ1v) is 11.5. The van der Waals surface area contributed by atoms with E-state index < -0.39 is 34.7 Å². The van der Waals surface area contributed by atoms with Crippen LogP contribution in [0.15, 0.2) is 97.1 Å². The van der Waals surface area contributed by atoms with Gasteiger partial charge < -0.3 is 15.0 Å². The molecular weight excluding hydrogens is 493 g/mol. The Morgan fingerprint density at radius 3 is 2.06 bits per heavy atom. The highest BCUT2D eigenvalue weighted by atomic mass is 32.2. The lowest BCUT2D eigenvalue weighted by Gasteiger charge is -2.27.